The van der Waals surface area contributed by atoms with E-state index in [4.69, 9.17) is 22.5 Å². The lowest BCUT2D eigenvalue weighted by Gasteiger charge is -2.11. The summed E-state index contributed by atoms with van der Waals surface area (Å²) in [5, 5.41) is 8.65. The van der Waals surface area contributed by atoms with Gasteiger partial charge in [0.15, 0.2) is 11.7 Å². The van der Waals surface area contributed by atoms with Crippen LogP contribution in [0.3, 0.4) is 0 Å². The van der Waals surface area contributed by atoms with Gasteiger partial charge in [0.25, 0.3) is 0 Å². The molecule has 106 valence electrons. The van der Waals surface area contributed by atoms with Gasteiger partial charge in [-0.25, -0.2) is 4.99 Å². The monoisotopic (exact) mass is 286 g/mol. The van der Waals surface area contributed by atoms with Gasteiger partial charge in [0.05, 0.1) is 11.6 Å². The predicted molar refractivity (Wildman–Crippen MR) is 64.9 cm³/mol. The van der Waals surface area contributed by atoms with Crippen molar-refractivity contribution in [3.05, 3.63) is 23.8 Å². The molecule has 0 radical (unpaired) electrons. The largest absolute Gasteiger partial charge is 0.573 e. The minimum absolute atomic E-state index is 0.0383. The number of hydrogen-bond acceptors (Lipinski definition) is 3. The van der Waals surface area contributed by atoms with Gasteiger partial charge in [-0.3, -0.25) is 0 Å². The number of nitrogens with zero attached hydrogens (tertiary/aromatic N) is 3. The highest BCUT2D eigenvalue weighted by molar-refractivity contribution is 5.93. The van der Waals surface area contributed by atoms with Crippen LogP contribution in [0.1, 0.15) is 5.56 Å². The molecule has 0 aliphatic heterocycles. The predicted octanol–water partition coefficient (Wildman–Crippen LogP) is 0.676. The molecule has 0 aromatic heterocycles. The van der Waals surface area contributed by atoms with Gasteiger partial charge >= 0.3 is 6.36 Å². The maximum atomic E-state index is 12.3. The summed E-state index contributed by atoms with van der Waals surface area (Å²) in [5.41, 5.74) is 15.1. The van der Waals surface area contributed by atoms with E-state index in [2.05, 4.69) is 14.7 Å². The molecule has 0 unspecified atom stereocenters. The first-order chi connectivity index (χ1) is 9.21. The van der Waals surface area contributed by atoms with Crippen molar-refractivity contribution in [2.45, 2.75) is 6.36 Å². The molecule has 20 heavy (non-hydrogen) atoms. The molecule has 0 aliphatic rings. The summed E-state index contributed by atoms with van der Waals surface area (Å²) in [6.45, 7) is 0. The molecule has 0 saturated carbocycles. The minimum atomic E-state index is -4.94. The Morgan fingerprint density at radius 1 is 1.25 bits per heavy atom. The van der Waals surface area contributed by atoms with E-state index in [1.165, 1.54) is 6.07 Å². The first kappa shape index (κ1) is 15.1. The number of alkyl halides is 3. The third-order valence-electron chi connectivity index (χ3n) is 1.79. The van der Waals surface area contributed by atoms with Gasteiger partial charge in [0, 0.05) is 6.07 Å². The van der Waals surface area contributed by atoms with Gasteiger partial charge in [0.2, 0.25) is 5.96 Å². The molecule has 0 heterocycles. The molecule has 0 aliphatic carbocycles. The van der Waals surface area contributed by atoms with Crippen LogP contribution in [0.5, 0.6) is 5.75 Å². The quantitative estimate of drug-likeness (QED) is 0.542. The fraction of sp³-hybridized carbons (Fsp3) is 0.100. The second-order valence-electron chi connectivity index (χ2n) is 3.35. The Morgan fingerprint density at radius 2 is 1.90 bits per heavy atom. The van der Waals surface area contributed by atoms with Crippen LogP contribution in [0, 0.1) is 11.3 Å². The Bertz CT molecular complexity index is 598. The molecule has 0 atom stereocenters. The molecule has 1 aromatic rings. The van der Waals surface area contributed by atoms with E-state index in [0.29, 0.717) is 0 Å². The second-order valence-corrected chi connectivity index (χ2v) is 3.35. The van der Waals surface area contributed by atoms with Crippen LogP contribution < -0.4 is 21.9 Å². The van der Waals surface area contributed by atoms with Gasteiger partial charge in [-0.2, -0.15) is 10.3 Å². The molecular formula is C10H9F3N6O. The Kier molecular flexibility index (Phi) is 4.37. The smallest absolute Gasteiger partial charge is 0.403 e. The zero-order valence-corrected chi connectivity index (χ0v) is 9.85. The Hall–Kier alpha value is -2.96. The lowest BCUT2D eigenvalue weighted by Crippen LogP contribution is -2.26. The summed E-state index contributed by atoms with van der Waals surface area (Å²) >= 11 is 0. The number of nitriles is 1. The number of guanidine groups is 2. The van der Waals surface area contributed by atoms with Crippen molar-refractivity contribution in [3.63, 3.8) is 0 Å². The topological polar surface area (TPSA) is 136 Å². The zero-order chi connectivity index (χ0) is 15.3. The molecule has 10 heteroatoms. The SMILES string of the molecule is N#Cc1ccc(N=C(N)N=C(N)N)c(OC(F)(F)F)c1. The number of ether oxygens (including phenoxy) is 1. The zero-order valence-electron chi connectivity index (χ0n) is 9.85. The number of aliphatic imine (C=N–C) groups is 2. The summed E-state index contributed by atoms with van der Waals surface area (Å²) in [5.74, 6) is -1.55. The molecule has 6 N–H and O–H groups in total. The van der Waals surface area contributed by atoms with E-state index < -0.39 is 24.0 Å². The first-order valence-electron chi connectivity index (χ1n) is 4.95. The van der Waals surface area contributed by atoms with Crippen LogP contribution in [0.15, 0.2) is 28.2 Å². The van der Waals surface area contributed by atoms with Gasteiger partial charge in [0.1, 0.15) is 5.69 Å². The van der Waals surface area contributed by atoms with Crippen molar-refractivity contribution in [2.75, 3.05) is 0 Å². The lowest BCUT2D eigenvalue weighted by molar-refractivity contribution is -0.274. The van der Waals surface area contributed by atoms with Crippen LogP contribution in [-0.2, 0) is 0 Å². The van der Waals surface area contributed by atoms with E-state index in [1.807, 2.05) is 0 Å². The standard InChI is InChI=1S/C10H9F3N6O/c11-10(12,13)20-7-3-5(4-14)1-2-6(7)18-9(17)19-8(15)16/h1-3H,(H6,15,16,17,18,19). The second kappa shape index (κ2) is 5.79. The molecule has 1 aromatic carbocycles. The number of benzene rings is 1. The maximum absolute atomic E-state index is 12.3. The highest BCUT2D eigenvalue weighted by atomic mass is 19.4. The highest BCUT2D eigenvalue weighted by Gasteiger charge is 2.32. The van der Waals surface area contributed by atoms with Gasteiger partial charge in [-0.15, -0.1) is 13.2 Å². The molecular weight excluding hydrogens is 277 g/mol. The van der Waals surface area contributed by atoms with Crippen LogP contribution >= 0.6 is 0 Å². The first-order valence-corrected chi connectivity index (χ1v) is 4.95. The summed E-state index contributed by atoms with van der Waals surface area (Å²) < 4.78 is 40.5. The summed E-state index contributed by atoms with van der Waals surface area (Å²) in [6.07, 6.45) is -4.94. The van der Waals surface area contributed by atoms with E-state index in [1.54, 1.807) is 6.07 Å². The van der Waals surface area contributed by atoms with Crippen molar-refractivity contribution in [1.82, 2.24) is 0 Å². The molecule has 0 amide bonds. The Balaban J connectivity index is 3.26. The minimum Gasteiger partial charge on any atom is -0.403 e. The van der Waals surface area contributed by atoms with Crippen molar-refractivity contribution in [2.24, 2.45) is 27.2 Å². The molecule has 0 saturated heterocycles. The normalized spacial score (nSPS) is 11.6. The highest BCUT2D eigenvalue weighted by Crippen LogP contribution is 2.33. The summed E-state index contributed by atoms with van der Waals surface area (Å²) in [7, 11) is 0. The van der Waals surface area contributed by atoms with Crippen LogP contribution in [0.2, 0.25) is 0 Å². The van der Waals surface area contributed by atoms with E-state index in [9.17, 15) is 13.2 Å². The molecule has 1 rings (SSSR count). The average molecular weight is 286 g/mol. The van der Waals surface area contributed by atoms with Crippen molar-refractivity contribution < 1.29 is 17.9 Å². The summed E-state index contributed by atoms with van der Waals surface area (Å²) in [4.78, 5) is 6.92. The third kappa shape index (κ3) is 4.73. The molecule has 0 bridgehead atoms. The van der Waals surface area contributed by atoms with E-state index in [-0.39, 0.29) is 11.3 Å². The summed E-state index contributed by atoms with van der Waals surface area (Å²) in [6, 6.07) is 4.90. The number of nitrogens with two attached hydrogens (primary N) is 3. The van der Waals surface area contributed by atoms with E-state index in [0.717, 1.165) is 12.1 Å². The number of hydrogen-bond donors (Lipinski definition) is 3. The van der Waals surface area contributed by atoms with Crippen molar-refractivity contribution in [1.29, 1.82) is 5.26 Å². The molecule has 0 spiro atoms. The van der Waals surface area contributed by atoms with Gasteiger partial charge < -0.3 is 21.9 Å². The van der Waals surface area contributed by atoms with E-state index >= 15 is 0 Å². The van der Waals surface area contributed by atoms with Crippen LogP contribution in [-0.4, -0.2) is 18.3 Å². The van der Waals surface area contributed by atoms with Crippen molar-refractivity contribution >= 4 is 17.6 Å². The van der Waals surface area contributed by atoms with Gasteiger partial charge in [-0.05, 0) is 12.1 Å². The fourth-order valence-electron chi connectivity index (χ4n) is 1.16. The Morgan fingerprint density at radius 3 is 2.40 bits per heavy atom. The van der Waals surface area contributed by atoms with Gasteiger partial charge in [-0.1, -0.05) is 0 Å². The number of halogens is 3. The van der Waals surface area contributed by atoms with Crippen LogP contribution in [0.4, 0.5) is 18.9 Å². The lowest BCUT2D eigenvalue weighted by atomic mass is 10.2. The molecule has 7 nitrogen and oxygen atoms in total. The van der Waals surface area contributed by atoms with Crippen LogP contribution in [0.25, 0.3) is 0 Å². The fourth-order valence-corrected chi connectivity index (χ4v) is 1.16. The Labute approximate surface area is 111 Å². The number of rotatable bonds is 2. The van der Waals surface area contributed by atoms with Crippen molar-refractivity contribution in [3.8, 4) is 11.8 Å². The molecule has 0 fully saturated rings. The maximum Gasteiger partial charge on any atom is 0.573 e. The average Bonchev–Trinajstić information content (AvgIpc) is 2.28. The third-order valence-corrected chi connectivity index (χ3v) is 1.79.